The van der Waals surface area contributed by atoms with E-state index in [-0.39, 0.29) is 6.42 Å². The summed E-state index contributed by atoms with van der Waals surface area (Å²) in [4.78, 5) is 24.2. The number of carbonyl (C=O) groups excluding carboxylic acids is 2. The third-order valence-corrected chi connectivity index (χ3v) is 7.25. The quantitative estimate of drug-likeness (QED) is 0.0912. The topological polar surface area (TPSA) is 192 Å². The van der Waals surface area contributed by atoms with Gasteiger partial charge in [-0.1, -0.05) is 84.0 Å². The van der Waals surface area contributed by atoms with Crippen LogP contribution in [0, 0.1) is 0 Å². The van der Waals surface area contributed by atoms with Crippen LogP contribution in [0.2, 0.25) is 0 Å². The number of aliphatic hydroxyl groups excluding tert-OH is 6. The van der Waals surface area contributed by atoms with E-state index in [9.17, 15) is 35.1 Å². The molecule has 2 heterocycles. The molecule has 40 heavy (non-hydrogen) atoms. The molecule has 2 aliphatic heterocycles. The molecule has 0 aromatic carbocycles. The highest BCUT2D eigenvalue weighted by Crippen LogP contribution is 2.30. The maximum absolute atomic E-state index is 12.2. The molecule has 1 fully saturated rings. The molecule has 1 saturated heterocycles. The van der Waals surface area contributed by atoms with Crippen LogP contribution >= 0.6 is 0 Å². The van der Waals surface area contributed by atoms with Crippen molar-refractivity contribution in [1.29, 1.82) is 0 Å². The fourth-order valence-electron chi connectivity index (χ4n) is 4.73. The average molecular weight is 577 g/mol. The third kappa shape index (κ3) is 10.8. The van der Waals surface area contributed by atoms with Gasteiger partial charge in [-0.15, -0.1) is 0 Å². The summed E-state index contributed by atoms with van der Waals surface area (Å²) in [5.74, 6) is -3.31. The molecule has 2 aliphatic rings. The zero-order chi connectivity index (χ0) is 29.5. The average Bonchev–Trinajstić information content (AvgIpc) is 3.22. The Balaban J connectivity index is 1.66. The van der Waals surface area contributed by atoms with Crippen LogP contribution in [0.4, 0.5) is 0 Å². The van der Waals surface area contributed by atoms with Gasteiger partial charge in [-0.2, -0.15) is 0 Å². The van der Waals surface area contributed by atoms with E-state index in [1.165, 1.54) is 57.8 Å². The largest absolute Gasteiger partial charge is 0.505 e. The summed E-state index contributed by atoms with van der Waals surface area (Å²) >= 11 is 0. The number of cyclic esters (lactones) is 1. The lowest BCUT2D eigenvalue weighted by Crippen LogP contribution is -2.59. The Labute approximate surface area is 235 Å². The van der Waals surface area contributed by atoms with Gasteiger partial charge in [-0.25, -0.2) is 4.79 Å². The van der Waals surface area contributed by atoms with Gasteiger partial charge >= 0.3 is 11.9 Å². The first-order chi connectivity index (χ1) is 19.2. The van der Waals surface area contributed by atoms with Gasteiger partial charge in [0.25, 0.3) is 0 Å². The van der Waals surface area contributed by atoms with Crippen LogP contribution in [0.5, 0.6) is 0 Å². The van der Waals surface area contributed by atoms with Gasteiger partial charge in [0.15, 0.2) is 11.9 Å². The summed E-state index contributed by atoms with van der Waals surface area (Å²) in [5, 5.41) is 59.5. The molecule has 7 atom stereocenters. The molecule has 0 aromatic rings. The van der Waals surface area contributed by atoms with E-state index >= 15 is 0 Å². The number of rotatable bonds is 20. The normalized spacial score (nSPS) is 27.5. The standard InChI is InChI=1S/C28H48O12/c1-2-3-4-5-6-7-8-9-10-11-12-13-14-15-20(31)37-17-19-21(32)22(33)23(34)28(38-19)40-26-24(35)25(18(30)16-29)39-27(26)36/h18-19,21-23,25,28-30,32-35H,2-17H2,1H3/t18-,19+,21+,22-,23+,25+,28?/m0/s1. The van der Waals surface area contributed by atoms with E-state index in [2.05, 4.69) is 6.92 Å². The van der Waals surface area contributed by atoms with Gasteiger partial charge in [0.05, 0.1) is 6.61 Å². The zero-order valence-electron chi connectivity index (χ0n) is 23.5. The molecule has 0 bridgehead atoms. The minimum atomic E-state index is -1.83. The van der Waals surface area contributed by atoms with Crippen molar-refractivity contribution in [2.45, 2.75) is 140 Å². The monoisotopic (exact) mass is 576 g/mol. The van der Waals surface area contributed by atoms with Crippen LogP contribution < -0.4 is 0 Å². The highest BCUT2D eigenvalue weighted by atomic mass is 16.7. The van der Waals surface area contributed by atoms with Gasteiger partial charge in [0.2, 0.25) is 12.0 Å². The fourth-order valence-corrected chi connectivity index (χ4v) is 4.73. The van der Waals surface area contributed by atoms with E-state index in [1.807, 2.05) is 0 Å². The molecule has 12 nitrogen and oxygen atoms in total. The van der Waals surface area contributed by atoms with Gasteiger partial charge < -0.3 is 49.6 Å². The van der Waals surface area contributed by atoms with Crippen molar-refractivity contribution in [3.63, 3.8) is 0 Å². The second-order valence-electron chi connectivity index (χ2n) is 10.6. The van der Waals surface area contributed by atoms with Crippen molar-refractivity contribution >= 4 is 11.9 Å². The molecule has 232 valence electrons. The molecule has 1 unspecified atom stereocenters. The molecule has 0 spiro atoms. The lowest BCUT2D eigenvalue weighted by atomic mass is 9.99. The minimum absolute atomic E-state index is 0.187. The molecular weight excluding hydrogens is 528 g/mol. The Morgan fingerprint density at radius 3 is 1.98 bits per heavy atom. The van der Waals surface area contributed by atoms with E-state index in [4.69, 9.17) is 24.1 Å². The van der Waals surface area contributed by atoms with Crippen LogP contribution in [0.25, 0.3) is 0 Å². The maximum Gasteiger partial charge on any atom is 0.378 e. The van der Waals surface area contributed by atoms with Crippen LogP contribution in [-0.2, 0) is 28.5 Å². The molecule has 0 radical (unpaired) electrons. The first-order valence-corrected chi connectivity index (χ1v) is 14.7. The van der Waals surface area contributed by atoms with Crippen molar-refractivity contribution in [2.75, 3.05) is 13.2 Å². The summed E-state index contributed by atoms with van der Waals surface area (Å²) in [6, 6.07) is 0. The van der Waals surface area contributed by atoms with Crippen LogP contribution in [0.1, 0.15) is 96.8 Å². The Morgan fingerprint density at radius 1 is 0.875 bits per heavy atom. The van der Waals surface area contributed by atoms with Gasteiger partial charge in [-0.05, 0) is 6.42 Å². The van der Waals surface area contributed by atoms with Crippen molar-refractivity contribution in [2.24, 2.45) is 0 Å². The van der Waals surface area contributed by atoms with E-state index in [1.54, 1.807) is 0 Å². The molecule has 0 amide bonds. The highest BCUT2D eigenvalue weighted by molar-refractivity contribution is 5.89. The smallest absolute Gasteiger partial charge is 0.378 e. The third-order valence-electron chi connectivity index (χ3n) is 7.25. The Kier molecular flexibility index (Phi) is 15.8. The molecule has 6 N–H and O–H groups in total. The first kappa shape index (κ1) is 34.2. The van der Waals surface area contributed by atoms with Crippen LogP contribution in [0.3, 0.4) is 0 Å². The number of hydrogen-bond acceptors (Lipinski definition) is 12. The van der Waals surface area contributed by atoms with E-state index in [0.717, 1.165) is 19.3 Å². The Bertz CT molecular complexity index is 787. The second kappa shape index (κ2) is 18.5. The maximum atomic E-state index is 12.2. The number of esters is 2. The van der Waals surface area contributed by atoms with E-state index in [0.29, 0.717) is 6.42 Å². The SMILES string of the molecule is CCCCCCCCCCCCCCCC(=O)OC[C@H]1OC(OC2=C(O)[C@@H]([C@@H](O)CO)OC2=O)[C@H](O)[C@@H](O)[C@@H]1O. The molecule has 2 rings (SSSR count). The Morgan fingerprint density at radius 2 is 1.43 bits per heavy atom. The van der Waals surface area contributed by atoms with E-state index < -0.39 is 79.6 Å². The number of unbranched alkanes of at least 4 members (excludes halogenated alkanes) is 12. The van der Waals surface area contributed by atoms with Crippen molar-refractivity contribution in [3.8, 4) is 0 Å². The van der Waals surface area contributed by atoms with Crippen molar-refractivity contribution < 1.29 is 59.2 Å². The zero-order valence-corrected chi connectivity index (χ0v) is 23.5. The summed E-state index contributed by atoms with van der Waals surface area (Å²) in [5.41, 5.74) is 0. The van der Waals surface area contributed by atoms with Gasteiger partial charge in [-0.3, -0.25) is 4.79 Å². The molecule has 0 saturated carbocycles. The number of hydrogen-bond donors (Lipinski definition) is 6. The summed E-state index contributed by atoms with van der Waals surface area (Å²) in [7, 11) is 0. The highest BCUT2D eigenvalue weighted by Gasteiger charge is 2.48. The van der Waals surface area contributed by atoms with Crippen molar-refractivity contribution in [1.82, 2.24) is 0 Å². The number of carbonyl (C=O) groups is 2. The fraction of sp³-hybridized carbons (Fsp3) is 0.857. The van der Waals surface area contributed by atoms with Crippen LogP contribution in [-0.4, -0.2) is 98.7 Å². The minimum Gasteiger partial charge on any atom is -0.505 e. The first-order valence-electron chi connectivity index (χ1n) is 14.7. The molecule has 0 aliphatic carbocycles. The second-order valence-corrected chi connectivity index (χ2v) is 10.6. The lowest BCUT2D eigenvalue weighted by molar-refractivity contribution is -0.292. The number of ether oxygens (including phenoxy) is 4. The predicted molar refractivity (Wildman–Crippen MR) is 142 cm³/mol. The summed E-state index contributed by atoms with van der Waals surface area (Å²) in [6.07, 6.45) is 4.10. The van der Waals surface area contributed by atoms with Gasteiger partial charge in [0.1, 0.15) is 37.1 Å². The summed E-state index contributed by atoms with van der Waals surface area (Å²) < 4.78 is 20.5. The molecule has 0 aromatic heterocycles. The molecule has 12 heteroatoms. The summed E-state index contributed by atoms with van der Waals surface area (Å²) in [6.45, 7) is 0.973. The molecular formula is C28H48O12. The van der Waals surface area contributed by atoms with Gasteiger partial charge in [0, 0.05) is 6.42 Å². The van der Waals surface area contributed by atoms with Crippen LogP contribution in [0.15, 0.2) is 11.5 Å². The Hall–Kier alpha value is -1.96. The predicted octanol–water partition coefficient (Wildman–Crippen LogP) is 1.88. The lowest BCUT2D eigenvalue weighted by Gasteiger charge is -2.39. The number of aliphatic hydroxyl groups is 6. The van der Waals surface area contributed by atoms with Crippen molar-refractivity contribution in [3.05, 3.63) is 11.5 Å².